The van der Waals surface area contributed by atoms with Gasteiger partial charge in [0.05, 0.1) is 26.4 Å². The zero-order valence-electron chi connectivity index (χ0n) is 36.0. The maximum absolute atomic E-state index is 13.6. The Morgan fingerprint density at radius 1 is 0.831 bits per heavy atom. The van der Waals surface area contributed by atoms with E-state index in [9.17, 15) is 19.2 Å². The molecule has 4 amide bonds. The minimum Gasteiger partial charge on any atom is -0.449 e. The number of ether oxygens (including phenoxy) is 3. The maximum Gasteiger partial charge on any atom is 0.425 e. The van der Waals surface area contributed by atoms with Crippen LogP contribution in [0.3, 0.4) is 0 Å². The Kier molecular flexibility index (Phi) is 16.2. The Bertz CT molecular complexity index is 2070. The number of aryl methyl sites for hydroxylation is 1. The fourth-order valence-corrected chi connectivity index (χ4v) is 7.32. The number of carbonyl (C=O) groups excluding carboxylic acids is 4. The highest BCUT2D eigenvalue weighted by molar-refractivity contribution is 7.56. The number of hydrogen-bond donors (Lipinski definition) is 2. The van der Waals surface area contributed by atoms with Gasteiger partial charge in [0.25, 0.3) is 0 Å². The van der Waals surface area contributed by atoms with Crippen LogP contribution in [-0.2, 0) is 34.6 Å². The lowest BCUT2D eigenvalue weighted by atomic mass is 9.97. The van der Waals surface area contributed by atoms with Crippen LogP contribution in [-0.4, -0.2) is 78.7 Å². The fourth-order valence-electron chi connectivity index (χ4n) is 5.93. The third kappa shape index (κ3) is 13.6. The Morgan fingerprint density at radius 2 is 1.46 bits per heavy atom. The van der Waals surface area contributed by atoms with Crippen LogP contribution in [0, 0.1) is 6.92 Å². The minimum absolute atomic E-state index is 0.0110. The zero-order valence-corrected chi connectivity index (χ0v) is 36.9. The molecule has 1 heterocycles. The van der Waals surface area contributed by atoms with Crippen LogP contribution in [0.2, 0.25) is 0 Å². The van der Waals surface area contributed by atoms with Gasteiger partial charge in [-0.2, -0.15) is 4.90 Å². The highest BCUT2D eigenvalue weighted by Gasteiger charge is 2.34. The highest BCUT2D eigenvalue weighted by atomic mass is 31.2. The average Bonchev–Trinajstić information content (AvgIpc) is 3.15. The number of hydrogen-bond acceptors (Lipinski definition) is 11. The molecule has 14 nitrogen and oxygen atoms in total. The van der Waals surface area contributed by atoms with Crippen LogP contribution in [0.15, 0.2) is 72.9 Å². The Balaban J connectivity index is 1.50. The summed E-state index contributed by atoms with van der Waals surface area (Å²) < 4.78 is 28.6. The molecule has 3 aromatic carbocycles. The van der Waals surface area contributed by atoms with Gasteiger partial charge < -0.3 is 33.5 Å². The lowest BCUT2D eigenvalue weighted by Gasteiger charge is -2.28. The summed E-state index contributed by atoms with van der Waals surface area (Å²) in [5, 5.41) is 7.94. The number of fused-ring (bicyclic) bond motifs is 1. The van der Waals surface area contributed by atoms with E-state index in [0.29, 0.717) is 35.4 Å². The first-order chi connectivity index (χ1) is 27.8. The van der Waals surface area contributed by atoms with E-state index in [0.717, 1.165) is 26.9 Å². The number of amides is 4. The molecule has 4 rings (SSSR count). The van der Waals surface area contributed by atoms with Crippen molar-refractivity contribution in [2.75, 3.05) is 48.9 Å². The predicted octanol–water partition coefficient (Wildman–Crippen LogP) is 9.65. The molecule has 59 heavy (non-hydrogen) atoms. The largest absolute Gasteiger partial charge is 0.449 e. The fraction of sp³-hybridized carbons (Fsp3) is 0.432. The quantitative estimate of drug-likeness (QED) is 0.0868. The maximum atomic E-state index is 13.6. The molecule has 1 aromatic heterocycles. The van der Waals surface area contributed by atoms with Gasteiger partial charge in [-0.25, -0.2) is 19.4 Å². The number of anilines is 3. The second-order valence-corrected chi connectivity index (χ2v) is 17.4. The molecule has 0 saturated heterocycles. The van der Waals surface area contributed by atoms with Crippen LogP contribution in [0.1, 0.15) is 84.9 Å². The number of pyridine rings is 1. The van der Waals surface area contributed by atoms with Gasteiger partial charge in [-0.3, -0.25) is 10.1 Å². The summed E-state index contributed by atoms with van der Waals surface area (Å²) in [7, 11) is 0.234. The number of nitrogens with zero attached hydrogens (tertiary/aromatic N) is 3. The van der Waals surface area contributed by atoms with Crippen LogP contribution in [0.5, 0.6) is 0 Å². The molecular formula is C44H58N5O9P. The molecule has 0 spiro atoms. The van der Waals surface area contributed by atoms with E-state index < -0.39 is 37.9 Å². The minimum atomic E-state index is -1.46. The van der Waals surface area contributed by atoms with E-state index in [1.165, 1.54) is 6.20 Å². The van der Waals surface area contributed by atoms with Gasteiger partial charge in [0.15, 0.2) is 5.82 Å². The molecule has 0 aliphatic carbocycles. The summed E-state index contributed by atoms with van der Waals surface area (Å²) in [6, 6.07) is 20.4. The highest BCUT2D eigenvalue weighted by Crippen LogP contribution is 2.39. The van der Waals surface area contributed by atoms with E-state index in [4.69, 9.17) is 23.3 Å². The summed E-state index contributed by atoms with van der Waals surface area (Å²) in [6.07, 6.45) is -0.958. The number of rotatable bonds is 15. The topological polar surface area (TPSA) is 158 Å². The molecular weight excluding hydrogens is 773 g/mol. The summed E-state index contributed by atoms with van der Waals surface area (Å²) >= 11 is 0. The van der Waals surface area contributed by atoms with E-state index >= 15 is 0 Å². The van der Waals surface area contributed by atoms with Crippen molar-refractivity contribution in [3.63, 3.8) is 0 Å². The van der Waals surface area contributed by atoms with Gasteiger partial charge in [-0.1, -0.05) is 31.2 Å². The molecule has 4 aromatic rings. The lowest BCUT2D eigenvalue weighted by Crippen LogP contribution is -2.44. The third-order valence-electron chi connectivity index (χ3n) is 8.58. The number of aromatic nitrogens is 1. The number of likely N-dealkylation sites (N-methyl/N-ethyl adjacent to an activating group) is 1. The van der Waals surface area contributed by atoms with E-state index in [1.54, 1.807) is 89.9 Å². The first-order valence-corrected chi connectivity index (χ1v) is 20.8. The van der Waals surface area contributed by atoms with Gasteiger partial charge in [-0.15, -0.1) is 0 Å². The van der Waals surface area contributed by atoms with Crippen molar-refractivity contribution in [1.82, 2.24) is 9.88 Å². The lowest BCUT2D eigenvalue weighted by molar-refractivity contribution is -0.128. The molecule has 1 unspecified atom stereocenters. The SMILES string of the molecule is CCOP(OCC)c1ccc(NC(=O)OCC(C)c2ccccc2C)cc1CN(C)C(=O)CNc1ccc2c(N(C(=O)OC(C)(C)C)C(=O)OC(C)(C)C)nccc2c1. The van der Waals surface area contributed by atoms with E-state index in [2.05, 4.69) is 15.6 Å². The van der Waals surface area contributed by atoms with E-state index in [1.807, 2.05) is 58.0 Å². The van der Waals surface area contributed by atoms with Crippen LogP contribution in [0.4, 0.5) is 31.6 Å². The van der Waals surface area contributed by atoms with Crippen LogP contribution in [0.25, 0.3) is 10.8 Å². The number of carbonyl (C=O) groups is 4. The second kappa shape index (κ2) is 20.6. The zero-order chi connectivity index (χ0) is 43.5. The van der Waals surface area contributed by atoms with Crippen molar-refractivity contribution >= 4 is 65.8 Å². The molecule has 1 atom stereocenters. The second-order valence-electron chi connectivity index (χ2n) is 15.9. The van der Waals surface area contributed by atoms with Gasteiger partial charge in [-0.05, 0) is 127 Å². The van der Waals surface area contributed by atoms with Crippen molar-refractivity contribution in [1.29, 1.82) is 0 Å². The van der Waals surface area contributed by atoms with Gasteiger partial charge in [0, 0.05) is 47.8 Å². The summed E-state index contributed by atoms with van der Waals surface area (Å²) in [4.78, 5) is 59.9. The van der Waals surface area contributed by atoms with Crippen LogP contribution >= 0.6 is 8.38 Å². The molecule has 2 N–H and O–H groups in total. The average molecular weight is 832 g/mol. The molecule has 0 saturated carbocycles. The Hall–Kier alpha value is -5.30. The van der Waals surface area contributed by atoms with Crippen molar-refractivity contribution in [3.8, 4) is 0 Å². The normalized spacial score (nSPS) is 12.1. The Morgan fingerprint density at radius 3 is 2.07 bits per heavy atom. The monoisotopic (exact) mass is 831 g/mol. The standard InChI is InChI=1S/C44H58N5O9P/c1-12-55-59(56-13-2)37-21-19-34(47-40(51)54-28-30(4)35-17-15-14-16-29(35)3)25-32(37)27-48(11)38(50)26-46-33-18-20-36-31(24-33)22-23-45-39(36)49(41(52)57-43(5,6)7)42(53)58-44(8,9)10/h14-25,30,46H,12-13,26-28H2,1-11H3,(H,47,51). The first-order valence-electron chi connectivity index (χ1n) is 19.6. The number of benzene rings is 3. The van der Waals surface area contributed by atoms with Crippen molar-refractivity contribution in [2.24, 2.45) is 0 Å². The molecule has 0 radical (unpaired) electrons. The summed E-state index contributed by atoms with van der Waals surface area (Å²) in [6.45, 7) is 19.2. The van der Waals surface area contributed by atoms with Gasteiger partial charge in [0.1, 0.15) is 11.2 Å². The molecule has 0 bridgehead atoms. The van der Waals surface area contributed by atoms with Crippen molar-refractivity contribution in [2.45, 2.75) is 92.9 Å². The molecule has 0 fully saturated rings. The molecule has 0 aliphatic rings. The van der Waals surface area contributed by atoms with Gasteiger partial charge >= 0.3 is 18.3 Å². The molecule has 318 valence electrons. The third-order valence-corrected chi connectivity index (χ3v) is 10.4. The van der Waals surface area contributed by atoms with E-state index in [-0.39, 0.29) is 37.3 Å². The smallest absolute Gasteiger partial charge is 0.425 e. The summed E-state index contributed by atoms with van der Waals surface area (Å²) in [5.41, 5.74) is 2.34. The summed E-state index contributed by atoms with van der Waals surface area (Å²) in [5.74, 6) is -0.158. The first kappa shape index (κ1) is 46.4. The van der Waals surface area contributed by atoms with Gasteiger partial charge in [0.2, 0.25) is 14.3 Å². The number of imide groups is 1. The predicted molar refractivity (Wildman–Crippen MR) is 232 cm³/mol. The Labute approximate surface area is 348 Å². The molecule has 15 heteroatoms. The van der Waals surface area contributed by atoms with Crippen molar-refractivity contribution in [3.05, 3.63) is 89.6 Å². The number of nitrogens with one attached hydrogen (secondary N) is 2. The molecule has 0 aliphatic heterocycles. The van der Waals surface area contributed by atoms with Crippen molar-refractivity contribution < 1.29 is 42.4 Å². The van der Waals surface area contributed by atoms with Crippen LogP contribution < -0.4 is 20.8 Å².